The molecule has 12 heavy (non-hydrogen) atoms. The van der Waals surface area contributed by atoms with E-state index in [0.717, 1.165) is 0 Å². The van der Waals surface area contributed by atoms with E-state index in [-0.39, 0.29) is 6.29 Å². The van der Waals surface area contributed by atoms with Gasteiger partial charge in [0.25, 0.3) is 0 Å². The van der Waals surface area contributed by atoms with Crippen molar-refractivity contribution in [1.82, 2.24) is 0 Å². The monoisotopic (exact) mass is 175 g/mol. The molecule has 70 valence electrons. The molecule has 5 heteroatoms. The van der Waals surface area contributed by atoms with Gasteiger partial charge < -0.3 is 20.3 Å². The number of hydrogen-bond donors (Lipinski definition) is 2. The average molecular weight is 175 g/mol. The van der Waals surface area contributed by atoms with Crippen molar-refractivity contribution < 1.29 is 19.4 Å². The fourth-order valence-corrected chi connectivity index (χ4v) is 1.01. The van der Waals surface area contributed by atoms with E-state index < -0.39 is 12.0 Å². The number of carbonyl (C=O) groups is 1. The highest BCUT2D eigenvalue weighted by Gasteiger charge is 2.19. The molecule has 1 fully saturated rings. The van der Waals surface area contributed by atoms with E-state index in [1.165, 1.54) is 0 Å². The Bertz CT molecular complexity index is 155. The zero-order valence-electron chi connectivity index (χ0n) is 6.73. The van der Waals surface area contributed by atoms with Crippen molar-refractivity contribution in [3.63, 3.8) is 0 Å². The van der Waals surface area contributed by atoms with Crippen molar-refractivity contribution >= 4 is 5.97 Å². The highest BCUT2D eigenvalue weighted by molar-refractivity contribution is 5.72. The molecule has 3 N–H and O–H groups in total. The summed E-state index contributed by atoms with van der Waals surface area (Å²) in [5.74, 6) is -0.979. The molecular weight excluding hydrogens is 162 g/mol. The molecule has 0 unspecified atom stereocenters. The largest absolute Gasteiger partial charge is 0.480 e. The normalized spacial score (nSPS) is 21.1. The number of rotatable bonds is 4. The molecule has 0 radical (unpaired) electrons. The van der Waals surface area contributed by atoms with Gasteiger partial charge in [-0.25, -0.2) is 0 Å². The summed E-state index contributed by atoms with van der Waals surface area (Å²) in [6, 6.07) is -0.808. The van der Waals surface area contributed by atoms with Crippen LogP contribution in [0, 0.1) is 0 Å². The molecule has 1 heterocycles. The molecule has 0 amide bonds. The number of aliphatic carboxylic acids is 1. The smallest absolute Gasteiger partial charge is 0.320 e. The third kappa shape index (κ3) is 2.77. The van der Waals surface area contributed by atoms with Gasteiger partial charge in [-0.3, -0.25) is 4.79 Å². The molecular formula is C7H13NO4. The van der Waals surface area contributed by atoms with Crippen LogP contribution in [0.2, 0.25) is 0 Å². The van der Waals surface area contributed by atoms with Crippen LogP contribution in [0.3, 0.4) is 0 Å². The molecule has 1 aliphatic heterocycles. The van der Waals surface area contributed by atoms with Gasteiger partial charge in [-0.2, -0.15) is 0 Å². The Labute approximate surface area is 70.4 Å². The van der Waals surface area contributed by atoms with E-state index in [0.29, 0.717) is 26.1 Å². The van der Waals surface area contributed by atoms with Gasteiger partial charge in [-0.1, -0.05) is 0 Å². The first-order valence-corrected chi connectivity index (χ1v) is 3.91. The fourth-order valence-electron chi connectivity index (χ4n) is 1.01. The lowest BCUT2D eigenvalue weighted by Gasteiger charge is -2.10. The maximum atomic E-state index is 10.3. The van der Waals surface area contributed by atoms with E-state index in [1.54, 1.807) is 0 Å². The Balaban J connectivity index is 2.11. The van der Waals surface area contributed by atoms with Crippen LogP contribution in [0.1, 0.15) is 12.8 Å². The number of ether oxygens (including phenoxy) is 2. The van der Waals surface area contributed by atoms with E-state index >= 15 is 0 Å². The Morgan fingerprint density at radius 1 is 1.58 bits per heavy atom. The number of carboxylic acids is 1. The molecule has 1 aliphatic rings. The molecule has 0 aromatic carbocycles. The van der Waals surface area contributed by atoms with Crippen molar-refractivity contribution in [3.05, 3.63) is 0 Å². The average Bonchev–Trinajstić information content (AvgIpc) is 2.51. The van der Waals surface area contributed by atoms with Gasteiger partial charge in [0.05, 0.1) is 13.2 Å². The van der Waals surface area contributed by atoms with Crippen molar-refractivity contribution in [2.75, 3.05) is 13.2 Å². The summed E-state index contributed by atoms with van der Waals surface area (Å²) >= 11 is 0. The third-order valence-electron chi connectivity index (χ3n) is 1.72. The SMILES string of the molecule is N[C@@H](CCC1OCCO1)C(=O)O. The second kappa shape index (κ2) is 4.39. The van der Waals surface area contributed by atoms with E-state index in [1.807, 2.05) is 0 Å². The summed E-state index contributed by atoms with van der Waals surface area (Å²) in [5.41, 5.74) is 5.28. The number of carboxylic acid groups (broad SMARTS) is 1. The summed E-state index contributed by atoms with van der Waals surface area (Å²) in [5, 5.41) is 8.45. The molecule has 0 saturated carbocycles. The van der Waals surface area contributed by atoms with Crippen LogP contribution in [-0.2, 0) is 14.3 Å². The minimum atomic E-state index is -0.979. The van der Waals surface area contributed by atoms with Crippen LogP contribution in [0.5, 0.6) is 0 Å². The second-order valence-corrected chi connectivity index (χ2v) is 2.69. The van der Waals surface area contributed by atoms with E-state index in [4.69, 9.17) is 20.3 Å². The lowest BCUT2D eigenvalue weighted by atomic mass is 10.2. The van der Waals surface area contributed by atoms with Gasteiger partial charge in [0.2, 0.25) is 0 Å². The van der Waals surface area contributed by atoms with Gasteiger partial charge in [0.1, 0.15) is 6.04 Å². The second-order valence-electron chi connectivity index (χ2n) is 2.69. The summed E-state index contributed by atoms with van der Waals surface area (Å²) in [6.45, 7) is 1.18. The van der Waals surface area contributed by atoms with Crippen LogP contribution < -0.4 is 5.73 Å². The first-order valence-electron chi connectivity index (χ1n) is 3.91. The quantitative estimate of drug-likeness (QED) is 0.604. The highest BCUT2D eigenvalue weighted by atomic mass is 16.7. The minimum Gasteiger partial charge on any atom is -0.480 e. The minimum absolute atomic E-state index is 0.254. The Morgan fingerprint density at radius 3 is 2.67 bits per heavy atom. The van der Waals surface area contributed by atoms with Gasteiger partial charge in [-0.15, -0.1) is 0 Å². The van der Waals surface area contributed by atoms with E-state index in [9.17, 15) is 4.79 Å². The van der Waals surface area contributed by atoms with Crippen molar-refractivity contribution in [1.29, 1.82) is 0 Å². The maximum Gasteiger partial charge on any atom is 0.320 e. The maximum absolute atomic E-state index is 10.3. The highest BCUT2D eigenvalue weighted by Crippen LogP contribution is 2.10. The molecule has 0 aromatic rings. The zero-order chi connectivity index (χ0) is 8.97. The molecule has 1 rings (SSSR count). The Kier molecular flexibility index (Phi) is 3.46. The first kappa shape index (κ1) is 9.44. The Morgan fingerprint density at radius 2 is 2.17 bits per heavy atom. The standard InChI is InChI=1S/C7H13NO4/c8-5(7(9)10)1-2-6-11-3-4-12-6/h5-6H,1-4,8H2,(H,9,10)/t5-/m0/s1. The number of hydrogen-bond acceptors (Lipinski definition) is 4. The molecule has 1 saturated heterocycles. The molecule has 1 atom stereocenters. The molecule has 0 spiro atoms. The van der Waals surface area contributed by atoms with E-state index in [2.05, 4.69) is 0 Å². The topological polar surface area (TPSA) is 81.8 Å². The summed E-state index contributed by atoms with van der Waals surface area (Å²) < 4.78 is 10.2. The van der Waals surface area contributed by atoms with Gasteiger partial charge >= 0.3 is 5.97 Å². The lowest BCUT2D eigenvalue weighted by Crippen LogP contribution is -2.31. The summed E-state index contributed by atoms with van der Waals surface area (Å²) in [7, 11) is 0. The molecule has 0 aliphatic carbocycles. The van der Waals surface area contributed by atoms with Crippen molar-refractivity contribution in [2.45, 2.75) is 25.2 Å². The zero-order valence-corrected chi connectivity index (χ0v) is 6.73. The summed E-state index contributed by atoms with van der Waals surface area (Å²) in [4.78, 5) is 10.3. The Hall–Kier alpha value is -0.650. The van der Waals surface area contributed by atoms with Crippen LogP contribution >= 0.6 is 0 Å². The predicted molar refractivity (Wildman–Crippen MR) is 40.5 cm³/mol. The first-order chi connectivity index (χ1) is 5.70. The fraction of sp³-hybridized carbons (Fsp3) is 0.857. The number of nitrogens with two attached hydrogens (primary N) is 1. The van der Waals surface area contributed by atoms with Crippen LogP contribution in [0.4, 0.5) is 0 Å². The predicted octanol–water partition coefficient (Wildman–Crippen LogP) is -0.449. The van der Waals surface area contributed by atoms with Crippen molar-refractivity contribution in [2.24, 2.45) is 5.73 Å². The van der Waals surface area contributed by atoms with Gasteiger partial charge in [0, 0.05) is 6.42 Å². The van der Waals surface area contributed by atoms with Gasteiger partial charge in [-0.05, 0) is 6.42 Å². The van der Waals surface area contributed by atoms with Crippen molar-refractivity contribution in [3.8, 4) is 0 Å². The van der Waals surface area contributed by atoms with Crippen LogP contribution in [-0.4, -0.2) is 36.6 Å². The molecule has 0 aromatic heterocycles. The van der Waals surface area contributed by atoms with Crippen LogP contribution in [0.15, 0.2) is 0 Å². The third-order valence-corrected chi connectivity index (χ3v) is 1.72. The van der Waals surface area contributed by atoms with Gasteiger partial charge in [0.15, 0.2) is 6.29 Å². The molecule has 5 nitrogen and oxygen atoms in total. The molecule has 0 bridgehead atoms. The summed E-state index contributed by atoms with van der Waals surface area (Å²) in [6.07, 6.45) is 0.684. The lowest BCUT2D eigenvalue weighted by molar-refractivity contribution is -0.139. The van der Waals surface area contributed by atoms with Crippen LogP contribution in [0.25, 0.3) is 0 Å².